The van der Waals surface area contributed by atoms with Gasteiger partial charge in [-0.25, -0.2) is 0 Å². The van der Waals surface area contributed by atoms with Gasteiger partial charge in [0.15, 0.2) is 6.29 Å². The van der Waals surface area contributed by atoms with Gasteiger partial charge >= 0.3 is 0 Å². The predicted molar refractivity (Wildman–Crippen MR) is 52.4 cm³/mol. The van der Waals surface area contributed by atoms with Crippen molar-refractivity contribution in [1.29, 1.82) is 0 Å². The molecular weight excluding hydrogens is 255 g/mol. The van der Waals surface area contributed by atoms with E-state index in [1.807, 2.05) is 6.07 Å². The maximum absolute atomic E-state index is 10.4. The second kappa shape index (κ2) is 3.68. The number of anilines is 1. The average Bonchev–Trinajstić information content (AvgIpc) is 2.04. The smallest absolute Gasteiger partial charge is 0.151 e. The number of benzene rings is 1. The van der Waals surface area contributed by atoms with Gasteiger partial charge in [-0.15, -0.1) is 0 Å². The number of hydrazine groups is 1. The minimum absolute atomic E-state index is 0.685. The van der Waals surface area contributed by atoms with Gasteiger partial charge in [0, 0.05) is 14.8 Å². The third-order valence-corrected chi connectivity index (χ3v) is 2.23. The van der Waals surface area contributed by atoms with Crippen molar-refractivity contribution in [2.75, 3.05) is 5.43 Å². The first-order valence-corrected chi connectivity index (χ1v) is 4.07. The molecule has 0 radical (unpaired) electrons. The minimum Gasteiger partial charge on any atom is -0.324 e. The van der Waals surface area contributed by atoms with Crippen LogP contribution in [-0.4, -0.2) is 6.29 Å². The van der Waals surface area contributed by atoms with Crippen LogP contribution in [0.1, 0.15) is 10.4 Å². The van der Waals surface area contributed by atoms with Crippen LogP contribution in [0, 0.1) is 3.57 Å². The summed E-state index contributed by atoms with van der Waals surface area (Å²) < 4.78 is 0.896. The fraction of sp³-hybridized carbons (Fsp3) is 0. The number of rotatable bonds is 2. The van der Waals surface area contributed by atoms with Crippen molar-refractivity contribution in [2.45, 2.75) is 0 Å². The zero-order valence-electron chi connectivity index (χ0n) is 5.67. The first-order valence-electron chi connectivity index (χ1n) is 2.99. The van der Waals surface area contributed by atoms with Crippen LogP contribution in [0.3, 0.4) is 0 Å². The van der Waals surface area contributed by atoms with Crippen molar-refractivity contribution >= 4 is 34.6 Å². The SMILES string of the molecule is NNc1ccc(C=O)c(I)c1. The Labute approximate surface area is 78.1 Å². The summed E-state index contributed by atoms with van der Waals surface area (Å²) in [6.07, 6.45) is 0.821. The first-order chi connectivity index (χ1) is 5.27. The maximum Gasteiger partial charge on any atom is 0.151 e. The van der Waals surface area contributed by atoms with Crippen molar-refractivity contribution in [3.05, 3.63) is 27.3 Å². The molecule has 0 aliphatic heterocycles. The second-order valence-electron chi connectivity index (χ2n) is 2.00. The quantitative estimate of drug-likeness (QED) is 0.366. The van der Waals surface area contributed by atoms with Gasteiger partial charge in [-0.05, 0) is 40.8 Å². The number of halogens is 1. The Bertz CT molecular complexity index is 275. The molecule has 0 aliphatic carbocycles. The molecule has 3 N–H and O–H groups in total. The standard InChI is InChI=1S/C7H7IN2O/c8-7-3-6(10-9)2-1-5(7)4-11/h1-4,10H,9H2. The van der Waals surface area contributed by atoms with Crippen LogP contribution in [0.2, 0.25) is 0 Å². The van der Waals surface area contributed by atoms with Gasteiger partial charge in [-0.2, -0.15) is 0 Å². The van der Waals surface area contributed by atoms with Crippen LogP contribution in [0.5, 0.6) is 0 Å². The van der Waals surface area contributed by atoms with E-state index < -0.39 is 0 Å². The lowest BCUT2D eigenvalue weighted by molar-refractivity contribution is 0.112. The molecule has 0 bridgehead atoms. The largest absolute Gasteiger partial charge is 0.324 e. The highest BCUT2D eigenvalue weighted by atomic mass is 127. The van der Waals surface area contributed by atoms with E-state index >= 15 is 0 Å². The number of carbonyl (C=O) groups excluding carboxylic acids is 1. The fourth-order valence-electron chi connectivity index (χ4n) is 0.712. The number of carbonyl (C=O) groups is 1. The van der Waals surface area contributed by atoms with Crippen molar-refractivity contribution < 1.29 is 4.79 Å². The van der Waals surface area contributed by atoms with Crippen LogP contribution >= 0.6 is 22.6 Å². The molecule has 0 aromatic heterocycles. The predicted octanol–water partition coefficient (Wildman–Crippen LogP) is 1.39. The molecule has 0 atom stereocenters. The van der Waals surface area contributed by atoms with Crippen molar-refractivity contribution in [2.24, 2.45) is 5.84 Å². The Hall–Kier alpha value is -0.620. The lowest BCUT2D eigenvalue weighted by atomic mass is 10.2. The minimum atomic E-state index is 0.685. The van der Waals surface area contributed by atoms with E-state index in [-0.39, 0.29) is 0 Å². The lowest BCUT2D eigenvalue weighted by Crippen LogP contribution is -2.06. The molecule has 0 fully saturated rings. The molecule has 0 saturated heterocycles. The Kier molecular flexibility index (Phi) is 2.84. The molecule has 0 saturated carbocycles. The zero-order valence-corrected chi connectivity index (χ0v) is 7.83. The lowest BCUT2D eigenvalue weighted by Gasteiger charge is -2.00. The molecule has 0 heterocycles. The molecule has 1 aromatic rings. The Morgan fingerprint density at radius 3 is 2.73 bits per heavy atom. The summed E-state index contributed by atoms with van der Waals surface area (Å²) in [5.74, 6) is 5.17. The third-order valence-electron chi connectivity index (χ3n) is 1.29. The molecule has 0 spiro atoms. The average molecular weight is 262 g/mol. The molecule has 0 amide bonds. The molecule has 1 aromatic carbocycles. The van der Waals surface area contributed by atoms with Gasteiger partial charge in [-0.1, -0.05) is 0 Å². The highest BCUT2D eigenvalue weighted by Crippen LogP contribution is 2.15. The van der Waals surface area contributed by atoms with Gasteiger partial charge < -0.3 is 5.43 Å². The first kappa shape index (κ1) is 8.48. The summed E-state index contributed by atoms with van der Waals surface area (Å²) in [6.45, 7) is 0. The van der Waals surface area contributed by atoms with E-state index in [4.69, 9.17) is 5.84 Å². The zero-order chi connectivity index (χ0) is 8.27. The van der Waals surface area contributed by atoms with Gasteiger partial charge in [0.05, 0.1) is 0 Å². The van der Waals surface area contributed by atoms with Gasteiger partial charge in [0.2, 0.25) is 0 Å². The normalized spacial score (nSPS) is 9.27. The van der Waals surface area contributed by atoms with Crippen LogP contribution in [0.4, 0.5) is 5.69 Å². The van der Waals surface area contributed by atoms with E-state index in [0.717, 1.165) is 15.5 Å². The second-order valence-corrected chi connectivity index (χ2v) is 3.16. The van der Waals surface area contributed by atoms with E-state index in [9.17, 15) is 4.79 Å². The molecule has 4 heteroatoms. The van der Waals surface area contributed by atoms with Crippen molar-refractivity contribution in [3.63, 3.8) is 0 Å². The summed E-state index contributed by atoms with van der Waals surface area (Å²) in [4.78, 5) is 10.4. The summed E-state index contributed by atoms with van der Waals surface area (Å²) >= 11 is 2.08. The van der Waals surface area contributed by atoms with E-state index in [0.29, 0.717) is 5.56 Å². The fourth-order valence-corrected chi connectivity index (χ4v) is 1.35. The van der Waals surface area contributed by atoms with Crippen molar-refractivity contribution in [3.8, 4) is 0 Å². The van der Waals surface area contributed by atoms with Gasteiger partial charge in [0.1, 0.15) is 0 Å². The number of nitrogens with two attached hydrogens (primary N) is 1. The number of hydrogen-bond acceptors (Lipinski definition) is 3. The Morgan fingerprint density at radius 2 is 2.27 bits per heavy atom. The molecule has 11 heavy (non-hydrogen) atoms. The van der Waals surface area contributed by atoms with E-state index in [1.165, 1.54) is 0 Å². The molecule has 1 rings (SSSR count). The van der Waals surface area contributed by atoms with Crippen LogP contribution in [-0.2, 0) is 0 Å². The Balaban J connectivity index is 3.09. The van der Waals surface area contributed by atoms with Crippen LogP contribution in [0.25, 0.3) is 0 Å². The van der Waals surface area contributed by atoms with Gasteiger partial charge in [0.25, 0.3) is 0 Å². The molecule has 58 valence electrons. The number of nitrogen functional groups attached to an aromatic ring is 1. The van der Waals surface area contributed by atoms with Gasteiger partial charge in [-0.3, -0.25) is 10.6 Å². The molecule has 0 unspecified atom stereocenters. The van der Waals surface area contributed by atoms with Crippen molar-refractivity contribution in [1.82, 2.24) is 0 Å². The highest BCUT2D eigenvalue weighted by Gasteiger charge is 1.97. The number of aldehydes is 1. The number of nitrogens with one attached hydrogen (secondary N) is 1. The molecule has 3 nitrogen and oxygen atoms in total. The summed E-state index contributed by atoms with van der Waals surface area (Å²) in [5, 5.41) is 0. The molecule has 0 aliphatic rings. The summed E-state index contributed by atoms with van der Waals surface area (Å²) in [7, 11) is 0. The van der Waals surface area contributed by atoms with Crippen LogP contribution < -0.4 is 11.3 Å². The Morgan fingerprint density at radius 1 is 1.55 bits per heavy atom. The topological polar surface area (TPSA) is 55.1 Å². The highest BCUT2D eigenvalue weighted by molar-refractivity contribution is 14.1. The third kappa shape index (κ3) is 1.90. The number of hydrogen-bond donors (Lipinski definition) is 2. The maximum atomic E-state index is 10.4. The van der Waals surface area contributed by atoms with E-state index in [2.05, 4.69) is 28.0 Å². The van der Waals surface area contributed by atoms with Crippen LogP contribution in [0.15, 0.2) is 18.2 Å². The summed E-state index contributed by atoms with van der Waals surface area (Å²) in [6, 6.07) is 5.29. The molecular formula is C7H7IN2O. The van der Waals surface area contributed by atoms with E-state index in [1.54, 1.807) is 12.1 Å². The monoisotopic (exact) mass is 262 g/mol. The summed E-state index contributed by atoms with van der Waals surface area (Å²) in [5.41, 5.74) is 3.99.